The third kappa shape index (κ3) is 6.27. The van der Waals surface area contributed by atoms with Crippen LogP contribution in [0, 0.1) is 69.2 Å². The van der Waals surface area contributed by atoms with Gasteiger partial charge in [0.05, 0.1) is 36.9 Å². The second kappa shape index (κ2) is 15.4. The molecule has 2 saturated heterocycles. The maximum atomic E-state index is 13.6. The van der Waals surface area contributed by atoms with E-state index in [0.29, 0.717) is 46.1 Å². The Kier molecular flexibility index (Phi) is 11.5. The maximum Gasteiger partial charge on any atom is 0.329 e. The van der Waals surface area contributed by atoms with Crippen molar-refractivity contribution in [2.45, 2.75) is 74.6 Å². The van der Waals surface area contributed by atoms with Gasteiger partial charge in [0.25, 0.3) is 0 Å². The van der Waals surface area contributed by atoms with Gasteiger partial charge < -0.3 is 44.0 Å². The summed E-state index contributed by atoms with van der Waals surface area (Å²) < 4.78 is 35.4. The number of nitriles is 1. The second-order valence-electron chi connectivity index (χ2n) is 13.4. The predicted octanol–water partition coefficient (Wildman–Crippen LogP) is 2.64. The van der Waals surface area contributed by atoms with E-state index in [1.165, 1.54) is 18.9 Å². The van der Waals surface area contributed by atoms with E-state index < -0.39 is 59.7 Å². The molecule has 275 valence electrons. The van der Waals surface area contributed by atoms with Gasteiger partial charge in [0, 0.05) is 97.7 Å². The molecule has 1 amide bonds. The Bertz CT molecular complexity index is 1840. The summed E-state index contributed by atoms with van der Waals surface area (Å²) in [5.74, 6) is -0.461. The van der Waals surface area contributed by atoms with E-state index in [4.69, 9.17) is 33.5 Å². The topological polar surface area (TPSA) is 189 Å². The van der Waals surface area contributed by atoms with Crippen molar-refractivity contribution in [1.82, 2.24) is 15.1 Å². The van der Waals surface area contributed by atoms with E-state index in [1.54, 1.807) is 14.0 Å². The molecule has 0 aliphatic carbocycles. The van der Waals surface area contributed by atoms with Crippen molar-refractivity contribution >= 4 is 29.6 Å². The number of hydrogen-bond acceptors (Lipinski definition) is 14. The minimum absolute atomic E-state index is 0. The Morgan fingerprint density at radius 3 is 2.56 bits per heavy atom. The number of likely N-dealkylation sites (N-methyl/N-ethyl adjacent to an activating group) is 1. The van der Waals surface area contributed by atoms with Crippen LogP contribution in [-0.4, -0.2) is 109 Å². The predicted molar refractivity (Wildman–Crippen MR) is 180 cm³/mol. The summed E-state index contributed by atoms with van der Waals surface area (Å²) in [5.41, 5.74) is 4.42. The van der Waals surface area contributed by atoms with Crippen molar-refractivity contribution in [1.29, 1.82) is 5.26 Å². The van der Waals surface area contributed by atoms with Crippen molar-refractivity contribution < 1.29 is 97.1 Å². The molecule has 2 aromatic carbocycles. The van der Waals surface area contributed by atoms with Gasteiger partial charge in [-0.15, -0.1) is 11.8 Å². The molecule has 1 radical (unpaired) electrons. The van der Waals surface area contributed by atoms with Gasteiger partial charge in [-0.3, -0.25) is 19.4 Å². The van der Waals surface area contributed by atoms with E-state index in [2.05, 4.69) is 27.3 Å². The zero-order valence-corrected chi connectivity index (χ0v) is 35.0. The van der Waals surface area contributed by atoms with E-state index in [0.717, 1.165) is 16.7 Å². The van der Waals surface area contributed by atoms with E-state index in [9.17, 15) is 24.8 Å². The molecule has 7 atom stereocenters. The van der Waals surface area contributed by atoms with Crippen LogP contribution in [0.5, 0.6) is 28.7 Å². The molecule has 7 rings (SSSR count). The van der Waals surface area contributed by atoms with Crippen LogP contribution < -0.4 is 24.3 Å². The van der Waals surface area contributed by atoms with Crippen molar-refractivity contribution in [3.8, 4) is 34.8 Å². The number of nitrogens with zero attached hydrogens (tertiary/aromatic N) is 3. The molecular weight excluding hydrogens is 911 g/mol. The average molecular weight is 952 g/mol. The third-order valence-electron chi connectivity index (χ3n) is 10.6. The number of thioether (sulfide) groups is 1. The van der Waals surface area contributed by atoms with Gasteiger partial charge in [-0.05, 0) is 38.4 Å². The number of amides is 1. The number of nitrogens with one attached hydrogen (secondary N) is 1. The van der Waals surface area contributed by atoms with Gasteiger partial charge in [-0.1, -0.05) is 6.07 Å². The third-order valence-corrected chi connectivity index (χ3v) is 12.0. The fourth-order valence-electron chi connectivity index (χ4n) is 8.53. The number of esters is 1. The van der Waals surface area contributed by atoms with Crippen molar-refractivity contribution in [2.24, 2.45) is 0 Å². The van der Waals surface area contributed by atoms with Crippen LogP contribution in [-0.2, 0) is 30.3 Å². The van der Waals surface area contributed by atoms with Crippen LogP contribution in [0.2, 0.25) is 0 Å². The molecular formula is C35H40AcN4O11S. The van der Waals surface area contributed by atoms with Crippen molar-refractivity contribution in [3.05, 3.63) is 39.4 Å². The SMILES string of the molecule is COCOc1c(OC)c(C)cc2c1[C@@H]1C3[C@@H]4SC[C@H](NC(=O)CCC(=O)O)C(=O)OC[C@@H](c5c6c(c(C)c(O)c54)OCO6)N3[C@@H](C#N)[C@H](C2)N1C.[Ac]. The Hall–Kier alpha value is -2.99. The van der Waals surface area contributed by atoms with Gasteiger partial charge in [0.15, 0.2) is 29.8 Å². The number of aryl methyl sites for hydroxylation is 1. The Morgan fingerprint density at radius 2 is 1.87 bits per heavy atom. The van der Waals surface area contributed by atoms with Crippen LogP contribution >= 0.6 is 11.8 Å². The van der Waals surface area contributed by atoms with Crippen LogP contribution in [0.1, 0.15) is 63.6 Å². The molecule has 5 heterocycles. The van der Waals surface area contributed by atoms with Crippen molar-refractivity contribution in [3.63, 3.8) is 0 Å². The summed E-state index contributed by atoms with van der Waals surface area (Å²) >= 11 is 1.34. The number of piperazine rings is 1. The second-order valence-corrected chi connectivity index (χ2v) is 14.5. The molecule has 1 unspecified atom stereocenters. The van der Waals surface area contributed by atoms with Gasteiger partial charge in [0.2, 0.25) is 12.7 Å². The quantitative estimate of drug-likeness (QED) is 0.259. The van der Waals surface area contributed by atoms with Gasteiger partial charge in [0.1, 0.15) is 24.4 Å². The fourth-order valence-corrected chi connectivity index (χ4v) is 10.0. The number of carbonyl (C=O) groups is 3. The first-order valence-corrected chi connectivity index (χ1v) is 17.7. The van der Waals surface area contributed by atoms with Gasteiger partial charge in [-0.2, -0.15) is 5.26 Å². The average Bonchev–Trinajstić information content (AvgIpc) is 3.59. The van der Waals surface area contributed by atoms with E-state index in [1.807, 2.05) is 14.0 Å². The number of cyclic esters (lactones) is 1. The molecule has 2 fully saturated rings. The summed E-state index contributed by atoms with van der Waals surface area (Å²) in [4.78, 5) is 41.9. The number of fused-ring (bicyclic) bond motifs is 9. The number of ether oxygens (including phenoxy) is 6. The standard InChI is InChI=1S/C35H40N4O11S.Ac/c1-15-8-17-9-19-20(10-36)39-21-11-47-35(44)18(37-22(40)6-7-23(41)42)12-51-34(26-25(21)33-31(49-14-50-33)16(2)29(26)43)28(39)27(38(19)3)24(17)32(30(15)46-5)48-13-45-4;/h8,18-21,27-28,34,43H,6-7,9,11-14H2,1-5H3,(H,37,40)(H,41,42);/t18-,19-,20-,21-,27+,28?,34+;/m0./s1. The molecule has 0 spiro atoms. The molecule has 17 heteroatoms. The largest absolute Gasteiger partial charge is 0.507 e. The monoisotopic (exact) mass is 951 g/mol. The molecule has 0 aromatic heterocycles. The van der Waals surface area contributed by atoms with Gasteiger partial charge in [-0.25, -0.2) is 4.79 Å². The number of benzene rings is 2. The number of methoxy groups -OCH3 is 2. The summed E-state index contributed by atoms with van der Waals surface area (Å²) in [5, 5.41) is 34.2. The molecule has 5 aliphatic rings. The molecule has 15 nitrogen and oxygen atoms in total. The molecule has 52 heavy (non-hydrogen) atoms. The van der Waals surface area contributed by atoms with Crippen LogP contribution in [0.15, 0.2) is 6.07 Å². The number of aliphatic carboxylic acids is 1. The van der Waals surface area contributed by atoms with Crippen LogP contribution in [0.25, 0.3) is 0 Å². The Morgan fingerprint density at radius 1 is 1.12 bits per heavy atom. The van der Waals surface area contributed by atoms with Crippen LogP contribution in [0.4, 0.5) is 0 Å². The molecule has 0 saturated carbocycles. The molecule has 4 bridgehead atoms. The molecule has 2 aromatic rings. The number of carbonyl (C=O) groups excluding carboxylic acids is 2. The fraction of sp³-hybridized carbons (Fsp3) is 0.543. The Balaban J connectivity index is 0.00000464. The smallest absolute Gasteiger partial charge is 0.329 e. The molecule has 3 N–H and O–H groups in total. The summed E-state index contributed by atoms with van der Waals surface area (Å²) in [7, 11) is 5.11. The maximum absolute atomic E-state index is 13.6. The minimum atomic E-state index is -1.13. The number of phenols is 1. The first kappa shape index (κ1) is 38.7. The first-order chi connectivity index (χ1) is 24.5. The first-order valence-electron chi connectivity index (χ1n) is 16.7. The van der Waals surface area contributed by atoms with Crippen molar-refractivity contribution in [2.75, 3.05) is 47.2 Å². The number of carboxylic acids is 1. The summed E-state index contributed by atoms with van der Waals surface area (Å²) in [6.45, 7) is 3.38. The van der Waals surface area contributed by atoms with E-state index >= 15 is 0 Å². The van der Waals surface area contributed by atoms with E-state index in [-0.39, 0.29) is 88.2 Å². The summed E-state index contributed by atoms with van der Waals surface area (Å²) in [6, 6.07) is 0.928. The number of rotatable bonds is 8. The number of carboxylic acid groups (broad SMARTS) is 1. The van der Waals surface area contributed by atoms with Crippen LogP contribution in [0.3, 0.4) is 0 Å². The number of phenolic OH excluding ortho intramolecular Hbond substituents is 1. The zero-order chi connectivity index (χ0) is 36.3. The number of hydrogen-bond donors (Lipinski definition) is 3. The van der Waals surface area contributed by atoms with Gasteiger partial charge >= 0.3 is 11.9 Å². The normalized spacial score (nSPS) is 27.2. The number of aromatic hydroxyl groups is 1. The minimum Gasteiger partial charge on any atom is -0.507 e. The molecule has 5 aliphatic heterocycles. The Labute approximate surface area is 340 Å². The zero-order valence-electron chi connectivity index (χ0n) is 29.5. The summed E-state index contributed by atoms with van der Waals surface area (Å²) in [6.07, 6.45) is -0.175.